The van der Waals surface area contributed by atoms with E-state index in [4.69, 9.17) is 5.73 Å². The molecule has 0 spiro atoms. The molecule has 124 valence electrons. The molecular weight excluding hydrogens is 296 g/mol. The number of rotatable bonds is 5. The van der Waals surface area contributed by atoms with Crippen molar-refractivity contribution in [2.75, 3.05) is 11.9 Å². The van der Waals surface area contributed by atoms with Crippen LogP contribution in [0.15, 0.2) is 59.6 Å². The lowest BCUT2D eigenvalue weighted by molar-refractivity contribution is 0.867. The molecule has 1 heterocycles. The van der Waals surface area contributed by atoms with Crippen molar-refractivity contribution in [3.63, 3.8) is 0 Å². The second-order valence-electron chi connectivity index (χ2n) is 6.30. The van der Waals surface area contributed by atoms with Crippen molar-refractivity contribution in [3.8, 4) is 0 Å². The summed E-state index contributed by atoms with van der Waals surface area (Å²) in [6.07, 6.45) is 0.836. The van der Waals surface area contributed by atoms with E-state index >= 15 is 0 Å². The zero-order valence-corrected chi connectivity index (χ0v) is 14.2. The highest BCUT2D eigenvalue weighted by molar-refractivity contribution is 5.92. The maximum atomic E-state index is 6.00. The lowest BCUT2D eigenvalue weighted by atomic mass is 10.0. The van der Waals surface area contributed by atoms with Crippen molar-refractivity contribution in [3.05, 3.63) is 65.9 Å². The van der Waals surface area contributed by atoms with Crippen LogP contribution in [0.4, 0.5) is 5.69 Å². The normalized spacial score (nSPS) is 12.0. The molecule has 4 N–H and O–H groups in total. The van der Waals surface area contributed by atoms with Gasteiger partial charge in [-0.15, -0.1) is 0 Å². The number of H-pyrrole nitrogens is 1. The number of aromatic nitrogens is 1. The highest BCUT2D eigenvalue weighted by Gasteiger charge is 2.02. The third kappa shape index (κ3) is 3.96. The van der Waals surface area contributed by atoms with Gasteiger partial charge in [0.2, 0.25) is 0 Å². The number of fused-ring (bicyclic) bond motifs is 1. The summed E-state index contributed by atoms with van der Waals surface area (Å²) >= 11 is 0. The Morgan fingerprint density at radius 1 is 1.12 bits per heavy atom. The minimum atomic E-state index is 0.451. The predicted molar refractivity (Wildman–Crippen MR) is 103 cm³/mol. The van der Waals surface area contributed by atoms with Crippen molar-refractivity contribution >= 4 is 22.5 Å². The van der Waals surface area contributed by atoms with Crippen LogP contribution in [0.25, 0.3) is 10.9 Å². The van der Waals surface area contributed by atoms with Gasteiger partial charge in [-0.1, -0.05) is 44.2 Å². The molecule has 1 aromatic heterocycles. The molecule has 0 bridgehead atoms. The van der Waals surface area contributed by atoms with Crippen molar-refractivity contribution in [2.45, 2.75) is 26.2 Å². The first kappa shape index (κ1) is 16.1. The van der Waals surface area contributed by atoms with Gasteiger partial charge in [0.05, 0.1) is 0 Å². The molecule has 0 aliphatic heterocycles. The maximum Gasteiger partial charge on any atom is 0.193 e. The third-order valence-corrected chi connectivity index (χ3v) is 4.07. The smallest absolute Gasteiger partial charge is 0.193 e. The van der Waals surface area contributed by atoms with Crippen molar-refractivity contribution in [2.24, 2.45) is 10.7 Å². The molecule has 0 aliphatic carbocycles. The van der Waals surface area contributed by atoms with Crippen molar-refractivity contribution < 1.29 is 0 Å². The van der Waals surface area contributed by atoms with E-state index in [1.807, 2.05) is 24.3 Å². The van der Waals surface area contributed by atoms with E-state index in [0.29, 0.717) is 18.4 Å². The molecule has 4 heteroatoms. The standard InChI is InChI=1S/C20H24N4/c1-14(2)15-7-5-8-17(12-15)24-20(21)22-11-10-18-13-16-6-3-4-9-19(16)23-18/h3-9,12-14,23H,10-11H2,1-2H3,(H3,21,22,24). The monoisotopic (exact) mass is 320 g/mol. The summed E-state index contributed by atoms with van der Waals surface area (Å²) in [6, 6.07) is 18.7. The lowest BCUT2D eigenvalue weighted by Crippen LogP contribution is -2.23. The van der Waals surface area contributed by atoms with E-state index in [0.717, 1.165) is 17.6 Å². The number of aliphatic imine (C=N–C) groups is 1. The number of aromatic amines is 1. The first-order chi connectivity index (χ1) is 11.6. The Balaban J connectivity index is 1.59. The predicted octanol–water partition coefficient (Wildman–Crippen LogP) is 4.26. The SMILES string of the molecule is CC(C)c1cccc(NC(N)=NCCc2cc3ccccc3[nH]2)c1. The van der Waals surface area contributed by atoms with Crippen LogP contribution in [0.5, 0.6) is 0 Å². The highest BCUT2D eigenvalue weighted by Crippen LogP contribution is 2.18. The summed E-state index contributed by atoms with van der Waals surface area (Å²) in [5.41, 5.74) is 10.6. The van der Waals surface area contributed by atoms with Gasteiger partial charge in [0.25, 0.3) is 0 Å². The number of nitrogens with one attached hydrogen (secondary N) is 2. The van der Waals surface area contributed by atoms with Crippen molar-refractivity contribution in [1.29, 1.82) is 0 Å². The van der Waals surface area contributed by atoms with Gasteiger partial charge >= 0.3 is 0 Å². The molecule has 0 saturated carbocycles. The average Bonchev–Trinajstić information content (AvgIpc) is 2.97. The van der Waals surface area contributed by atoms with Gasteiger partial charge in [-0.3, -0.25) is 4.99 Å². The van der Waals surface area contributed by atoms with Crippen LogP contribution in [0.1, 0.15) is 31.0 Å². The summed E-state index contributed by atoms with van der Waals surface area (Å²) in [5, 5.41) is 4.40. The number of nitrogens with zero attached hydrogens (tertiary/aromatic N) is 1. The van der Waals surface area contributed by atoms with E-state index in [2.05, 4.69) is 59.5 Å². The van der Waals surface area contributed by atoms with Crippen LogP contribution in [0.2, 0.25) is 0 Å². The van der Waals surface area contributed by atoms with E-state index in [9.17, 15) is 0 Å². The zero-order valence-electron chi connectivity index (χ0n) is 14.2. The molecule has 3 rings (SSSR count). The number of para-hydroxylation sites is 1. The van der Waals surface area contributed by atoms with E-state index in [-0.39, 0.29) is 0 Å². The van der Waals surface area contributed by atoms with Gasteiger partial charge in [-0.2, -0.15) is 0 Å². The fourth-order valence-electron chi connectivity index (χ4n) is 2.73. The van der Waals surface area contributed by atoms with E-state index < -0.39 is 0 Å². The second kappa shape index (κ2) is 7.21. The molecule has 0 unspecified atom stereocenters. The molecule has 0 atom stereocenters. The van der Waals surface area contributed by atoms with Crippen LogP contribution in [0, 0.1) is 0 Å². The number of guanidine groups is 1. The van der Waals surface area contributed by atoms with Gasteiger partial charge < -0.3 is 16.0 Å². The van der Waals surface area contributed by atoms with Crippen LogP contribution < -0.4 is 11.1 Å². The summed E-state index contributed by atoms with van der Waals surface area (Å²) in [4.78, 5) is 7.83. The number of benzene rings is 2. The minimum Gasteiger partial charge on any atom is -0.370 e. The molecule has 0 amide bonds. The van der Waals surface area contributed by atoms with Gasteiger partial charge in [0.15, 0.2) is 5.96 Å². The summed E-state index contributed by atoms with van der Waals surface area (Å²) < 4.78 is 0. The molecule has 3 aromatic rings. The Morgan fingerprint density at radius 3 is 2.75 bits per heavy atom. The average molecular weight is 320 g/mol. The Kier molecular flexibility index (Phi) is 4.85. The summed E-state index contributed by atoms with van der Waals surface area (Å²) in [5.74, 6) is 0.943. The van der Waals surface area contributed by atoms with Crippen LogP contribution in [-0.4, -0.2) is 17.5 Å². The van der Waals surface area contributed by atoms with Crippen LogP contribution in [-0.2, 0) is 6.42 Å². The molecule has 0 aliphatic rings. The number of nitrogens with two attached hydrogens (primary N) is 1. The Labute approximate surface area is 142 Å². The minimum absolute atomic E-state index is 0.451. The quantitative estimate of drug-likeness (QED) is 0.486. The molecule has 0 fully saturated rings. The van der Waals surface area contributed by atoms with Crippen LogP contribution >= 0.6 is 0 Å². The van der Waals surface area contributed by atoms with Gasteiger partial charge in [-0.05, 0) is 41.1 Å². The lowest BCUT2D eigenvalue weighted by Gasteiger charge is -2.09. The fourth-order valence-corrected chi connectivity index (χ4v) is 2.73. The molecule has 4 nitrogen and oxygen atoms in total. The van der Waals surface area contributed by atoms with Crippen molar-refractivity contribution in [1.82, 2.24) is 4.98 Å². The first-order valence-electron chi connectivity index (χ1n) is 8.35. The molecule has 24 heavy (non-hydrogen) atoms. The number of hydrogen-bond acceptors (Lipinski definition) is 1. The highest BCUT2D eigenvalue weighted by atomic mass is 15.1. The Morgan fingerprint density at radius 2 is 1.96 bits per heavy atom. The summed E-state index contributed by atoms with van der Waals surface area (Å²) in [7, 11) is 0. The Hall–Kier alpha value is -2.75. The second-order valence-corrected chi connectivity index (χ2v) is 6.30. The van der Waals surface area contributed by atoms with Gasteiger partial charge in [0, 0.05) is 29.9 Å². The number of hydrogen-bond donors (Lipinski definition) is 3. The largest absolute Gasteiger partial charge is 0.370 e. The third-order valence-electron chi connectivity index (χ3n) is 4.07. The van der Waals surface area contributed by atoms with E-state index in [1.165, 1.54) is 16.6 Å². The molecular formula is C20H24N4. The molecule has 0 radical (unpaired) electrons. The zero-order chi connectivity index (χ0) is 16.9. The molecule has 2 aromatic carbocycles. The maximum absolute atomic E-state index is 6.00. The number of anilines is 1. The van der Waals surface area contributed by atoms with Gasteiger partial charge in [-0.25, -0.2) is 0 Å². The summed E-state index contributed by atoms with van der Waals surface area (Å²) in [6.45, 7) is 5.00. The van der Waals surface area contributed by atoms with E-state index in [1.54, 1.807) is 0 Å². The fraction of sp³-hybridized carbons (Fsp3) is 0.250. The van der Waals surface area contributed by atoms with Crippen LogP contribution in [0.3, 0.4) is 0 Å². The first-order valence-corrected chi connectivity index (χ1v) is 8.35. The topological polar surface area (TPSA) is 66.2 Å². The Bertz CT molecular complexity index is 812. The molecule has 0 saturated heterocycles. The van der Waals surface area contributed by atoms with Gasteiger partial charge in [0.1, 0.15) is 0 Å².